The van der Waals surface area contributed by atoms with Gasteiger partial charge in [-0.15, -0.1) is 11.8 Å². The maximum Gasteiger partial charge on any atom is 0.255 e. The Morgan fingerprint density at radius 3 is 2.55 bits per heavy atom. The minimum Gasteiger partial charge on any atom is -0.496 e. The number of ketones is 1. The highest BCUT2D eigenvalue weighted by Crippen LogP contribution is 2.37. The van der Waals surface area contributed by atoms with E-state index in [1.165, 1.54) is 11.8 Å². The van der Waals surface area contributed by atoms with Crippen LogP contribution in [-0.2, 0) is 11.4 Å². The third kappa shape index (κ3) is 4.68. The number of hydrogen-bond donors (Lipinski definition) is 2. The van der Waals surface area contributed by atoms with Crippen LogP contribution in [0, 0.1) is 6.92 Å². The number of methoxy groups -OCH3 is 1. The zero-order valence-corrected chi connectivity index (χ0v) is 21.8. The molecular formula is C29H25N3O5S. The van der Waals surface area contributed by atoms with E-state index in [0.717, 1.165) is 27.1 Å². The first kappa shape index (κ1) is 25.3. The SMILES string of the molecule is COc1ccc(NC(=O)C2NC(=O)c3ccccc3C2=O)c(SC)c1COc1cccc2ccc(C)nc12. The third-order valence-electron chi connectivity index (χ3n) is 6.33. The summed E-state index contributed by atoms with van der Waals surface area (Å²) in [6, 6.07) is 18.2. The number of amides is 2. The van der Waals surface area contributed by atoms with Crippen molar-refractivity contribution in [2.45, 2.75) is 24.5 Å². The van der Waals surface area contributed by atoms with Gasteiger partial charge in [0.15, 0.2) is 11.8 Å². The fourth-order valence-electron chi connectivity index (χ4n) is 4.47. The Bertz CT molecular complexity index is 1590. The van der Waals surface area contributed by atoms with E-state index in [1.807, 2.05) is 43.5 Å². The molecule has 2 amide bonds. The fraction of sp³-hybridized carbons (Fsp3) is 0.172. The molecule has 3 aromatic carbocycles. The predicted molar refractivity (Wildman–Crippen MR) is 146 cm³/mol. The Kier molecular flexibility index (Phi) is 7.02. The monoisotopic (exact) mass is 527 g/mol. The molecule has 1 atom stereocenters. The molecule has 5 rings (SSSR count). The Morgan fingerprint density at radius 1 is 1.00 bits per heavy atom. The first-order chi connectivity index (χ1) is 18.4. The number of hydrogen-bond acceptors (Lipinski definition) is 7. The van der Waals surface area contributed by atoms with Crippen molar-refractivity contribution >= 4 is 45.9 Å². The van der Waals surface area contributed by atoms with Gasteiger partial charge in [0.1, 0.15) is 23.6 Å². The average Bonchev–Trinajstić information content (AvgIpc) is 2.93. The van der Waals surface area contributed by atoms with E-state index in [4.69, 9.17) is 9.47 Å². The minimum atomic E-state index is -1.33. The number of benzene rings is 3. The molecule has 1 aliphatic rings. The lowest BCUT2D eigenvalue weighted by atomic mass is 9.93. The van der Waals surface area contributed by atoms with E-state index >= 15 is 0 Å². The molecule has 2 heterocycles. The highest BCUT2D eigenvalue weighted by Gasteiger charge is 2.36. The number of para-hydroxylation sites is 1. The van der Waals surface area contributed by atoms with Crippen molar-refractivity contribution in [2.24, 2.45) is 0 Å². The van der Waals surface area contributed by atoms with E-state index in [2.05, 4.69) is 15.6 Å². The lowest BCUT2D eigenvalue weighted by Crippen LogP contribution is -2.52. The van der Waals surface area contributed by atoms with Gasteiger partial charge in [0.05, 0.1) is 18.4 Å². The quantitative estimate of drug-likeness (QED) is 0.263. The first-order valence-electron chi connectivity index (χ1n) is 11.9. The van der Waals surface area contributed by atoms with Gasteiger partial charge in [0.25, 0.3) is 11.8 Å². The van der Waals surface area contributed by atoms with E-state index in [-0.39, 0.29) is 17.7 Å². The largest absolute Gasteiger partial charge is 0.496 e. The number of pyridine rings is 1. The summed E-state index contributed by atoms with van der Waals surface area (Å²) >= 11 is 1.41. The van der Waals surface area contributed by atoms with Crippen LogP contribution in [0.15, 0.2) is 71.6 Å². The predicted octanol–water partition coefficient (Wildman–Crippen LogP) is 4.79. The van der Waals surface area contributed by atoms with Crippen LogP contribution in [-0.4, -0.2) is 42.0 Å². The molecule has 0 fully saturated rings. The molecule has 1 aliphatic heterocycles. The van der Waals surface area contributed by atoms with Crippen molar-refractivity contribution in [2.75, 3.05) is 18.7 Å². The Labute approximate surface area is 223 Å². The van der Waals surface area contributed by atoms with E-state index in [0.29, 0.717) is 17.2 Å². The molecule has 0 saturated carbocycles. The number of nitrogens with one attached hydrogen (secondary N) is 2. The summed E-state index contributed by atoms with van der Waals surface area (Å²) in [6.45, 7) is 2.08. The lowest BCUT2D eigenvalue weighted by Gasteiger charge is -2.24. The van der Waals surface area contributed by atoms with Crippen molar-refractivity contribution in [3.8, 4) is 11.5 Å². The smallest absolute Gasteiger partial charge is 0.255 e. The van der Waals surface area contributed by atoms with Crippen LogP contribution in [0.5, 0.6) is 11.5 Å². The van der Waals surface area contributed by atoms with Crippen molar-refractivity contribution in [3.05, 3.63) is 89.1 Å². The van der Waals surface area contributed by atoms with Crippen LogP contribution in [0.4, 0.5) is 5.69 Å². The fourth-order valence-corrected chi connectivity index (χ4v) is 5.21. The maximum atomic E-state index is 13.2. The number of anilines is 1. The third-order valence-corrected chi connectivity index (χ3v) is 7.21. The molecule has 1 unspecified atom stereocenters. The van der Waals surface area contributed by atoms with Crippen LogP contribution in [0.25, 0.3) is 10.9 Å². The van der Waals surface area contributed by atoms with E-state index in [9.17, 15) is 14.4 Å². The highest BCUT2D eigenvalue weighted by molar-refractivity contribution is 7.98. The number of carbonyl (C=O) groups excluding carboxylic acids is 3. The first-order valence-corrected chi connectivity index (χ1v) is 13.1. The Balaban J connectivity index is 1.43. The van der Waals surface area contributed by atoms with Crippen molar-refractivity contribution < 1.29 is 23.9 Å². The summed E-state index contributed by atoms with van der Waals surface area (Å²) in [7, 11) is 1.57. The molecule has 2 N–H and O–H groups in total. The lowest BCUT2D eigenvalue weighted by molar-refractivity contribution is -0.117. The molecule has 1 aromatic heterocycles. The summed E-state index contributed by atoms with van der Waals surface area (Å²) in [4.78, 5) is 44.0. The molecule has 192 valence electrons. The van der Waals surface area contributed by atoms with Crippen molar-refractivity contribution in [3.63, 3.8) is 0 Å². The second-order valence-corrected chi connectivity index (χ2v) is 9.52. The molecule has 0 bridgehead atoms. The van der Waals surface area contributed by atoms with Crippen LogP contribution < -0.4 is 20.1 Å². The van der Waals surface area contributed by atoms with Crippen LogP contribution in [0.1, 0.15) is 32.0 Å². The molecule has 0 spiro atoms. The van der Waals surface area contributed by atoms with Gasteiger partial charge in [0.2, 0.25) is 0 Å². The molecular weight excluding hydrogens is 502 g/mol. The van der Waals surface area contributed by atoms with Crippen LogP contribution >= 0.6 is 11.8 Å². The van der Waals surface area contributed by atoms with Gasteiger partial charge in [-0.3, -0.25) is 14.4 Å². The van der Waals surface area contributed by atoms with Crippen molar-refractivity contribution in [1.29, 1.82) is 0 Å². The number of ether oxygens (including phenoxy) is 2. The Morgan fingerprint density at radius 2 is 1.79 bits per heavy atom. The summed E-state index contributed by atoms with van der Waals surface area (Å²) in [6.07, 6.45) is 1.88. The van der Waals surface area contributed by atoms with Gasteiger partial charge < -0.3 is 20.1 Å². The van der Waals surface area contributed by atoms with Gasteiger partial charge >= 0.3 is 0 Å². The molecule has 8 nitrogen and oxygen atoms in total. The molecule has 4 aromatic rings. The maximum absolute atomic E-state index is 13.2. The van der Waals surface area contributed by atoms with E-state index < -0.39 is 23.6 Å². The number of carbonyl (C=O) groups is 3. The number of Topliss-reactive ketones (excluding diaryl/α,β-unsaturated/α-hetero) is 1. The number of fused-ring (bicyclic) bond motifs is 2. The number of rotatable bonds is 7. The molecule has 0 aliphatic carbocycles. The summed E-state index contributed by atoms with van der Waals surface area (Å²) < 4.78 is 11.8. The zero-order chi connectivity index (χ0) is 26.8. The molecule has 9 heteroatoms. The number of aryl methyl sites for hydroxylation is 1. The van der Waals surface area contributed by atoms with Gasteiger partial charge in [-0.05, 0) is 43.5 Å². The minimum absolute atomic E-state index is 0.157. The Hall–Kier alpha value is -4.37. The van der Waals surface area contributed by atoms with Gasteiger partial charge in [-0.25, -0.2) is 4.98 Å². The summed E-state index contributed by atoms with van der Waals surface area (Å²) in [5, 5.41) is 6.31. The average molecular weight is 528 g/mol. The number of nitrogens with zero attached hydrogens (tertiary/aromatic N) is 1. The highest BCUT2D eigenvalue weighted by atomic mass is 32.2. The van der Waals surface area contributed by atoms with Gasteiger partial charge in [-0.1, -0.05) is 36.4 Å². The van der Waals surface area contributed by atoms with Gasteiger partial charge in [-0.2, -0.15) is 0 Å². The summed E-state index contributed by atoms with van der Waals surface area (Å²) in [5.74, 6) is -0.331. The van der Waals surface area contributed by atoms with Gasteiger partial charge in [0, 0.05) is 27.1 Å². The molecule has 0 saturated heterocycles. The van der Waals surface area contributed by atoms with Crippen LogP contribution in [0.2, 0.25) is 0 Å². The number of aromatic nitrogens is 1. The topological polar surface area (TPSA) is 107 Å². The molecule has 38 heavy (non-hydrogen) atoms. The normalized spacial score (nSPS) is 14.6. The second-order valence-electron chi connectivity index (χ2n) is 8.70. The van der Waals surface area contributed by atoms with Crippen molar-refractivity contribution in [1.82, 2.24) is 10.3 Å². The van der Waals surface area contributed by atoms with Crippen LogP contribution in [0.3, 0.4) is 0 Å². The number of thioether (sulfide) groups is 1. The second kappa shape index (κ2) is 10.5. The molecule has 0 radical (unpaired) electrons. The van der Waals surface area contributed by atoms with E-state index in [1.54, 1.807) is 43.5 Å². The zero-order valence-electron chi connectivity index (χ0n) is 21.0. The summed E-state index contributed by atoms with van der Waals surface area (Å²) in [5.41, 5.74) is 3.33. The standard InChI is InChI=1S/C29H25N3O5S/c1-16-11-12-17-7-6-10-23(24(17)30-16)37-15-20-22(36-2)14-13-21(27(20)38-3)31-29(35)25-26(33)18-8-4-5-9-19(18)28(34)32-25/h4-14,25H,15H2,1-3H3,(H,31,35)(H,32,34).